The standard InChI is InChI=1S/C22H22FN3O3S2/c1-16-15-30-22(24-16)26(19-7-3-2-4-8-19)21(27)17-6-5-13-25(14-17)31(28,29)20-11-9-18(23)10-12-20/h2-4,7-12,15,17H,5-6,13-14H2,1H3. The predicted molar refractivity (Wildman–Crippen MR) is 118 cm³/mol. The first-order chi connectivity index (χ1) is 14.9. The number of aryl methyl sites for hydroxylation is 1. The third kappa shape index (κ3) is 4.53. The van der Waals surface area contributed by atoms with E-state index in [-0.39, 0.29) is 17.3 Å². The van der Waals surface area contributed by atoms with Crippen LogP contribution in [0.1, 0.15) is 18.5 Å². The molecule has 1 atom stereocenters. The van der Waals surface area contributed by atoms with E-state index in [0.29, 0.717) is 30.2 Å². The molecule has 0 N–H and O–H groups in total. The van der Waals surface area contributed by atoms with Crippen LogP contribution in [0.2, 0.25) is 0 Å². The van der Waals surface area contributed by atoms with Crippen LogP contribution in [0.15, 0.2) is 64.9 Å². The Morgan fingerprint density at radius 2 is 1.87 bits per heavy atom. The fraction of sp³-hybridized carbons (Fsp3) is 0.273. The van der Waals surface area contributed by atoms with Gasteiger partial charge in [0.25, 0.3) is 0 Å². The average Bonchev–Trinajstić information content (AvgIpc) is 3.20. The van der Waals surface area contributed by atoms with E-state index in [0.717, 1.165) is 17.8 Å². The van der Waals surface area contributed by atoms with Crippen LogP contribution in [0.25, 0.3) is 0 Å². The Hall–Kier alpha value is -2.62. The molecule has 1 fully saturated rings. The third-order valence-electron chi connectivity index (χ3n) is 5.22. The topological polar surface area (TPSA) is 70.6 Å². The van der Waals surface area contributed by atoms with Crippen LogP contribution in [0.3, 0.4) is 0 Å². The molecular formula is C22H22FN3O3S2. The highest BCUT2D eigenvalue weighted by atomic mass is 32.2. The van der Waals surface area contributed by atoms with Gasteiger partial charge in [0.15, 0.2) is 5.13 Å². The number of hydrogen-bond donors (Lipinski definition) is 0. The van der Waals surface area contributed by atoms with Gasteiger partial charge in [-0.05, 0) is 56.2 Å². The van der Waals surface area contributed by atoms with Crippen molar-refractivity contribution < 1.29 is 17.6 Å². The van der Waals surface area contributed by atoms with E-state index in [9.17, 15) is 17.6 Å². The summed E-state index contributed by atoms with van der Waals surface area (Å²) in [6, 6.07) is 14.0. The molecule has 1 unspecified atom stereocenters. The minimum atomic E-state index is -3.81. The highest BCUT2D eigenvalue weighted by Crippen LogP contribution is 2.33. The van der Waals surface area contributed by atoms with Gasteiger partial charge in [-0.15, -0.1) is 11.3 Å². The van der Waals surface area contributed by atoms with E-state index in [1.165, 1.54) is 27.8 Å². The predicted octanol–water partition coefficient (Wildman–Crippen LogP) is 4.36. The minimum absolute atomic E-state index is 0.0254. The maximum absolute atomic E-state index is 13.6. The number of piperidine rings is 1. The van der Waals surface area contributed by atoms with Gasteiger partial charge in [-0.25, -0.2) is 17.8 Å². The molecule has 4 rings (SSSR count). The molecule has 2 aromatic carbocycles. The van der Waals surface area contributed by atoms with Gasteiger partial charge in [0.05, 0.1) is 22.2 Å². The van der Waals surface area contributed by atoms with E-state index in [4.69, 9.17) is 0 Å². The SMILES string of the molecule is Cc1csc(N(C(=O)C2CCCN(S(=O)(=O)c3ccc(F)cc3)C2)c2ccccc2)n1. The first-order valence-corrected chi connectivity index (χ1v) is 12.2. The smallest absolute Gasteiger partial charge is 0.243 e. The normalized spacial score (nSPS) is 17.4. The Bertz CT molecular complexity index is 1160. The second kappa shape index (κ2) is 8.86. The van der Waals surface area contributed by atoms with Crippen molar-refractivity contribution in [1.29, 1.82) is 0 Å². The Morgan fingerprint density at radius 3 is 2.52 bits per heavy atom. The van der Waals surface area contributed by atoms with E-state index >= 15 is 0 Å². The van der Waals surface area contributed by atoms with Gasteiger partial charge in [-0.3, -0.25) is 9.69 Å². The maximum Gasteiger partial charge on any atom is 0.243 e. The number of anilines is 2. The Labute approximate surface area is 185 Å². The molecule has 1 amide bonds. The number of rotatable bonds is 5. The molecule has 1 aliphatic heterocycles. The fourth-order valence-electron chi connectivity index (χ4n) is 3.65. The number of carbonyl (C=O) groups is 1. The van der Waals surface area contributed by atoms with Crippen molar-refractivity contribution in [2.45, 2.75) is 24.7 Å². The number of amides is 1. The van der Waals surface area contributed by atoms with Gasteiger partial charge < -0.3 is 0 Å². The van der Waals surface area contributed by atoms with Crippen molar-refractivity contribution in [2.75, 3.05) is 18.0 Å². The lowest BCUT2D eigenvalue weighted by Gasteiger charge is -2.33. The van der Waals surface area contributed by atoms with Crippen LogP contribution in [-0.2, 0) is 14.8 Å². The second-order valence-electron chi connectivity index (χ2n) is 7.44. The monoisotopic (exact) mass is 459 g/mol. The van der Waals surface area contributed by atoms with Crippen molar-refractivity contribution in [1.82, 2.24) is 9.29 Å². The fourth-order valence-corrected chi connectivity index (χ4v) is 6.00. The van der Waals surface area contributed by atoms with E-state index in [1.807, 2.05) is 42.6 Å². The van der Waals surface area contributed by atoms with Crippen LogP contribution in [0.4, 0.5) is 15.2 Å². The molecular weight excluding hydrogens is 437 g/mol. The summed E-state index contributed by atoms with van der Waals surface area (Å²) in [6.45, 7) is 2.27. The van der Waals surface area contributed by atoms with Gasteiger partial charge in [-0.2, -0.15) is 4.31 Å². The van der Waals surface area contributed by atoms with E-state index in [2.05, 4.69) is 4.98 Å². The molecule has 0 aliphatic carbocycles. The Kier molecular flexibility index (Phi) is 6.17. The lowest BCUT2D eigenvalue weighted by atomic mass is 9.98. The average molecular weight is 460 g/mol. The van der Waals surface area contributed by atoms with Crippen molar-refractivity contribution in [3.05, 3.63) is 71.5 Å². The van der Waals surface area contributed by atoms with Crippen molar-refractivity contribution in [3.63, 3.8) is 0 Å². The number of para-hydroxylation sites is 1. The molecule has 0 spiro atoms. The van der Waals surface area contributed by atoms with E-state index in [1.54, 1.807) is 4.90 Å². The maximum atomic E-state index is 13.6. The van der Waals surface area contributed by atoms with Crippen LogP contribution in [-0.4, -0.2) is 36.7 Å². The molecule has 1 aliphatic rings. The number of aromatic nitrogens is 1. The third-order valence-corrected chi connectivity index (χ3v) is 8.04. The van der Waals surface area contributed by atoms with Gasteiger partial charge in [-0.1, -0.05) is 18.2 Å². The molecule has 0 bridgehead atoms. The van der Waals surface area contributed by atoms with Crippen molar-refractivity contribution >= 4 is 38.1 Å². The summed E-state index contributed by atoms with van der Waals surface area (Å²) in [5.41, 5.74) is 1.51. The van der Waals surface area contributed by atoms with Crippen LogP contribution in [0, 0.1) is 18.7 Å². The number of sulfonamides is 1. The molecule has 31 heavy (non-hydrogen) atoms. The van der Waals surface area contributed by atoms with Gasteiger partial charge >= 0.3 is 0 Å². The first kappa shape index (κ1) is 21.6. The highest BCUT2D eigenvalue weighted by Gasteiger charge is 2.36. The molecule has 162 valence electrons. The lowest BCUT2D eigenvalue weighted by Crippen LogP contribution is -2.45. The van der Waals surface area contributed by atoms with E-state index < -0.39 is 21.8 Å². The zero-order valence-corrected chi connectivity index (χ0v) is 18.6. The van der Waals surface area contributed by atoms with Crippen LogP contribution in [0.5, 0.6) is 0 Å². The minimum Gasteiger partial charge on any atom is -0.274 e. The highest BCUT2D eigenvalue weighted by molar-refractivity contribution is 7.89. The molecule has 9 heteroatoms. The number of thiazole rings is 1. The van der Waals surface area contributed by atoms with Crippen LogP contribution >= 0.6 is 11.3 Å². The largest absolute Gasteiger partial charge is 0.274 e. The summed E-state index contributed by atoms with van der Waals surface area (Å²) < 4.78 is 40.7. The number of benzene rings is 2. The van der Waals surface area contributed by atoms with Gasteiger partial charge in [0, 0.05) is 18.5 Å². The lowest BCUT2D eigenvalue weighted by molar-refractivity contribution is -0.122. The Morgan fingerprint density at radius 1 is 1.16 bits per heavy atom. The number of nitrogens with zero attached hydrogens (tertiary/aromatic N) is 3. The molecule has 2 heterocycles. The summed E-state index contributed by atoms with van der Waals surface area (Å²) in [7, 11) is -3.81. The van der Waals surface area contributed by atoms with Crippen molar-refractivity contribution in [3.8, 4) is 0 Å². The molecule has 6 nitrogen and oxygen atoms in total. The summed E-state index contributed by atoms with van der Waals surface area (Å²) in [5, 5.41) is 2.44. The number of halogens is 1. The van der Waals surface area contributed by atoms with Crippen LogP contribution < -0.4 is 4.90 Å². The zero-order chi connectivity index (χ0) is 22.0. The summed E-state index contributed by atoms with van der Waals surface area (Å²) in [6.07, 6.45) is 1.15. The Balaban J connectivity index is 1.61. The van der Waals surface area contributed by atoms with Gasteiger partial charge in [0.1, 0.15) is 5.82 Å². The number of hydrogen-bond acceptors (Lipinski definition) is 5. The molecule has 1 saturated heterocycles. The second-order valence-corrected chi connectivity index (χ2v) is 10.2. The first-order valence-electron chi connectivity index (χ1n) is 9.93. The quantitative estimate of drug-likeness (QED) is 0.569. The molecule has 0 radical (unpaired) electrons. The number of carbonyl (C=O) groups excluding carboxylic acids is 1. The molecule has 3 aromatic rings. The van der Waals surface area contributed by atoms with Crippen molar-refractivity contribution in [2.24, 2.45) is 5.92 Å². The molecule has 1 aromatic heterocycles. The van der Waals surface area contributed by atoms with Gasteiger partial charge in [0.2, 0.25) is 15.9 Å². The summed E-state index contributed by atoms with van der Waals surface area (Å²) in [4.78, 5) is 19.7. The molecule has 0 saturated carbocycles. The summed E-state index contributed by atoms with van der Waals surface area (Å²) >= 11 is 1.38. The zero-order valence-electron chi connectivity index (χ0n) is 16.9. The summed E-state index contributed by atoms with van der Waals surface area (Å²) in [5.74, 6) is -1.18.